The lowest BCUT2D eigenvalue weighted by Crippen LogP contribution is -2.22. The van der Waals surface area contributed by atoms with Crippen LogP contribution in [0.3, 0.4) is 0 Å². The van der Waals surface area contributed by atoms with Gasteiger partial charge in [-0.25, -0.2) is 0 Å². The molecule has 1 unspecified atom stereocenters. The predicted octanol–water partition coefficient (Wildman–Crippen LogP) is 1.20. The standard InChI is InChI=1S/C10H17NO2/c1-11-8-4-6-9(11)5-3-7-10(12)13-2/h3,5,9H,4,6-8H2,1-2H3/b5-3-. The Balaban J connectivity index is 2.27. The van der Waals surface area contributed by atoms with Crippen LogP contribution in [0.4, 0.5) is 0 Å². The van der Waals surface area contributed by atoms with E-state index in [1.54, 1.807) is 0 Å². The van der Waals surface area contributed by atoms with Crippen molar-refractivity contribution in [2.75, 3.05) is 20.7 Å². The molecule has 3 heteroatoms. The van der Waals surface area contributed by atoms with Crippen LogP contribution in [0.15, 0.2) is 12.2 Å². The van der Waals surface area contributed by atoms with Gasteiger partial charge < -0.3 is 4.74 Å². The van der Waals surface area contributed by atoms with Gasteiger partial charge in [-0.1, -0.05) is 12.2 Å². The first-order chi connectivity index (χ1) is 6.24. The second-order valence-corrected chi connectivity index (χ2v) is 3.40. The monoisotopic (exact) mass is 183 g/mol. The Hall–Kier alpha value is -0.830. The van der Waals surface area contributed by atoms with E-state index in [9.17, 15) is 4.79 Å². The highest BCUT2D eigenvalue weighted by Crippen LogP contribution is 2.15. The molecule has 0 spiro atoms. The molecule has 1 aliphatic heterocycles. The van der Waals surface area contributed by atoms with Crippen LogP contribution in [0.1, 0.15) is 19.3 Å². The molecule has 0 aromatic rings. The Kier molecular flexibility index (Phi) is 3.96. The van der Waals surface area contributed by atoms with Crippen LogP contribution < -0.4 is 0 Å². The summed E-state index contributed by atoms with van der Waals surface area (Å²) in [4.78, 5) is 13.1. The summed E-state index contributed by atoms with van der Waals surface area (Å²) in [5, 5.41) is 0. The molecule has 0 aliphatic carbocycles. The molecule has 74 valence electrons. The zero-order chi connectivity index (χ0) is 9.68. The minimum atomic E-state index is -0.170. The van der Waals surface area contributed by atoms with Crippen molar-refractivity contribution in [1.82, 2.24) is 4.90 Å². The molecule has 0 N–H and O–H groups in total. The Bertz CT molecular complexity index is 201. The number of esters is 1. The summed E-state index contributed by atoms with van der Waals surface area (Å²) >= 11 is 0. The van der Waals surface area contributed by atoms with Crippen molar-refractivity contribution in [2.45, 2.75) is 25.3 Å². The van der Waals surface area contributed by atoms with E-state index in [0.717, 1.165) is 6.54 Å². The van der Waals surface area contributed by atoms with Crippen LogP contribution >= 0.6 is 0 Å². The van der Waals surface area contributed by atoms with E-state index in [1.807, 2.05) is 6.08 Å². The van der Waals surface area contributed by atoms with E-state index in [0.29, 0.717) is 12.5 Å². The summed E-state index contributed by atoms with van der Waals surface area (Å²) in [6, 6.07) is 0.518. The van der Waals surface area contributed by atoms with E-state index in [4.69, 9.17) is 0 Å². The number of hydrogen-bond donors (Lipinski definition) is 0. The van der Waals surface area contributed by atoms with Gasteiger partial charge >= 0.3 is 5.97 Å². The average molecular weight is 183 g/mol. The molecule has 1 fully saturated rings. The van der Waals surface area contributed by atoms with E-state index >= 15 is 0 Å². The lowest BCUT2D eigenvalue weighted by atomic mass is 10.2. The fourth-order valence-corrected chi connectivity index (χ4v) is 1.58. The van der Waals surface area contributed by atoms with Crippen molar-refractivity contribution in [2.24, 2.45) is 0 Å². The van der Waals surface area contributed by atoms with Crippen LogP contribution in [0.5, 0.6) is 0 Å². The van der Waals surface area contributed by atoms with Gasteiger partial charge in [0.1, 0.15) is 0 Å². The Labute approximate surface area is 79.4 Å². The number of likely N-dealkylation sites (N-methyl/N-ethyl adjacent to an activating group) is 1. The SMILES string of the molecule is COC(=O)C/C=C\C1CCCN1C. The van der Waals surface area contributed by atoms with Crippen LogP contribution in [0, 0.1) is 0 Å². The highest BCUT2D eigenvalue weighted by atomic mass is 16.5. The van der Waals surface area contributed by atoms with Gasteiger partial charge in [-0.3, -0.25) is 9.69 Å². The fourth-order valence-electron chi connectivity index (χ4n) is 1.58. The summed E-state index contributed by atoms with van der Waals surface area (Å²) in [7, 11) is 3.53. The summed E-state index contributed by atoms with van der Waals surface area (Å²) in [6.45, 7) is 1.16. The fraction of sp³-hybridized carbons (Fsp3) is 0.700. The smallest absolute Gasteiger partial charge is 0.309 e. The lowest BCUT2D eigenvalue weighted by Gasteiger charge is -2.14. The molecular formula is C10H17NO2. The van der Waals surface area contributed by atoms with Gasteiger partial charge in [0.05, 0.1) is 13.5 Å². The van der Waals surface area contributed by atoms with Gasteiger partial charge in [-0.2, -0.15) is 0 Å². The number of carbonyl (C=O) groups excluding carboxylic acids is 1. The molecule has 1 rings (SSSR count). The highest BCUT2D eigenvalue weighted by Gasteiger charge is 2.17. The third-order valence-electron chi connectivity index (χ3n) is 2.45. The summed E-state index contributed by atoms with van der Waals surface area (Å²) in [5.74, 6) is -0.170. The van der Waals surface area contributed by atoms with Crippen LogP contribution in [-0.4, -0.2) is 37.6 Å². The normalized spacial score (nSPS) is 24.0. The first-order valence-electron chi connectivity index (χ1n) is 4.67. The molecule has 3 nitrogen and oxygen atoms in total. The van der Waals surface area contributed by atoms with Gasteiger partial charge in [0, 0.05) is 6.04 Å². The summed E-state index contributed by atoms with van der Waals surface area (Å²) < 4.78 is 4.54. The van der Waals surface area contributed by atoms with E-state index in [1.165, 1.54) is 20.0 Å². The molecule has 1 heterocycles. The maximum absolute atomic E-state index is 10.8. The molecule has 0 radical (unpaired) electrons. The molecule has 0 saturated carbocycles. The summed E-state index contributed by atoms with van der Waals surface area (Å²) in [5.41, 5.74) is 0. The maximum atomic E-state index is 10.8. The number of ether oxygens (including phenoxy) is 1. The maximum Gasteiger partial charge on any atom is 0.309 e. The van der Waals surface area contributed by atoms with Gasteiger partial charge in [0.25, 0.3) is 0 Å². The van der Waals surface area contributed by atoms with Crippen molar-refractivity contribution in [3.8, 4) is 0 Å². The van der Waals surface area contributed by atoms with Gasteiger partial charge in [-0.05, 0) is 26.4 Å². The van der Waals surface area contributed by atoms with E-state index < -0.39 is 0 Å². The molecule has 13 heavy (non-hydrogen) atoms. The lowest BCUT2D eigenvalue weighted by molar-refractivity contribution is -0.139. The Morgan fingerprint density at radius 2 is 2.46 bits per heavy atom. The number of hydrogen-bond acceptors (Lipinski definition) is 3. The number of carbonyl (C=O) groups is 1. The molecule has 0 bridgehead atoms. The van der Waals surface area contributed by atoms with E-state index in [-0.39, 0.29) is 5.97 Å². The first-order valence-corrected chi connectivity index (χ1v) is 4.67. The number of rotatable bonds is 3. The van der Waals surface area contributed by atoms with Crippen molar-refractivity contribution in [1.29, 1.82) is 0 Å². The number of methoxy groups -OCH3 is 1. The van der Waals surface area contributed by atoms with Crippen molar-refractivity contribution >= 4 is 5.97 Å². The molecule has 1 saturated heterocycles. The van der Waals surface area contributed by atoms with Crippen LogP contribution in [0.2, 0.25) is 0 Å². The predicted molar refractivity (Wildman–Crippen MR) is 51.4 cm³/mol. The number of likely N-dealkylation sites (tertiary alicyclic amines) is 1. The first kappa shape index (κ1) is 10.3. The molecule has 0 aromatic carbocycles. The molecule has 0 amide bonds. The van der Waals surface area contributed by atoms with Crippen molar-refractivity contribution in [3.63, 3.8) is 0 Å². The van der Waals surface area contributed by atoms with Gasteiger partial charge in [0.2, 0.25) is 0 Å². The zero-order valence-corrected chi connectivity index (χ0v) is 8.32. The molecule has 0 aromatic heterocycles. The van der Waals surface area contributed by atoms with Crippen LogP contribution in [-0.2, 0) is 9.53 Å². The Morgan fingerprint density at radius 3 is 3.00 bits per heavy atom. The van der Waals surface area contributed by atoms with E-state index in [2.05, 4.69) is 22.8 Å². The third kappa shape index (κ3) is 3.19. The summed E-state index contributed by atoms with van der Waals surface area (Å²) in [6.07, 6.45) is 6.85. The minimum Gasteiger partial charge on any atom is -0.469 e. The second kappa shape index (κ2) is 5.02. The van der Waals surface area contributed by atoms with Crippen molar-refractivity contribution < 1.29 is 9.53 Å². The largest absolute Gasteiger partial charge is 0.469 e. The molecule has 1 aliphatic rings. The Morgan fingerprint density at radius 1 is 1.69 bits per heavy atom. The molecular weight excluding hydrogens is 166 g/mol. The number of nitrogens with zero attached hydrogens (tertiary/aromatic N) is 1. The van der Waals surface area contributed by atoms with Gasteiger partial charge in [0.15, 0.2) is 0 Å². The highest BCUT2D eigenvalue weighted by molar-refractivity contribution is 5.70. The second-order valence-electron chi connectivity index (χ2n) is 3.40. The average Bonchev–Trinajstić information content (AvgIpc) is 2.52. The third-order valence-corrected chi connectivity index (χ3v) is 2.45. The van der Waals surface area contributed by atoms with Crippen molar-refractivity contribution in [3.05, 3.63) is 12.2 Å². The van der Waals surface area contributed by atoms with Crippen LogP contribution in [0.25, 0.3) is 0 Å². The minimum absolute atomic E-state index is 0.170. The molecule has 1 atom stereocenters. The van der Waals surface area contributed by atoms with Gasteiger partial charge in [-0.15, -0.1) is 0 Å². The quantitative estimate of drug-likeness (QED) is 0.486. The zero-order valence-electron chi connectivity index (χ0n) is 8.32. The topological polar surface area (TPSA) is 29.5 Å².